The Bertz CT molecular complexity index is 956. The van der Waals surface area contributed by atoms with E-state index in [9.17, 15) is 9.18 Å². The lowest BCUT2D eigenvalue weighted by atomic mass is 10.2. The Hall–Kier alpha value is -2.40. The minimum Gasteiger partial charge on any atom is -0.461 e. The van der Waals surface area contributed by atoms with E-state index < -0.39 is 8.07 Å². The number of fused-ring (bicyclic) bond motifs is 1. The fourth-order valence-electron chi connectivity index (χ4n) is 3.10. The van der Waals surface area contributed by atoms with E-state index in [0.29, 0.717) is 18.8 Å². The molecule has 0 atom stereocenters. The van der Waals surface area contributed by atoms with Gasteiger partial charge in [-0.1, -0.05) is 49.1 Å². The molecule has 0 N–H and O–H groups in total. The van der Waals surface area contributed by atoms with Crippen LogP contribution in [-0.2, 0) is 11.3 Å². The van der Waals surface area contributed by atoms with Crippen molar-refractivity contribution in [3.05, 3.63) is 65.6 Å². The third-order valence-corrected chi connectivity index (χ3v) is 6.52. The summed E-state index contributed by atoms with van der Waals surface area (Å²) in [7, 11) is -1.46. The molecule has 3 rings (SSSR count). The van der Waals surface area contributed by atoms with Crippen molar-refractivity contribution in [1.82, 2.24) is 4.57 Å². The van der Waals surface area contributed by atoms with E-state index in [1.54, 1.807) is 13.0 Å². The monoisotopic (exact) mass is 369 g/mol. The highest BCUT2D eigenvalue weighted by atomic mass is 28.3. The van der Waals surface area contributed by atoms with Crippen molar-refractivity contribution in [3.63, 3.8) is 0 Å². The first-order valence-electron chi connectivity index (χ1n) is 8.85. The Labute approximate surface area is 154 Å². The topological polar surface area (TPSA) is 31.2 Å². The van der Waals surface area contributed by atoms with Crippen LogP contribution in [0.5, 0.6) is 0 Å². The molecule has 0 spiro atoms. The number of halogens is 1. The van der Waals surface area contributed by atoms with Crippen molar-refractivity contribution in [2.75, 3.05) is 6.61 Å². The molecule has 0 aliphatic rings. The van der Waals surface area contributed by atoms with E-state index in [0.717, 1.165) is 16.5 Å². The van der Waals surface area contributed by atoms with Gasteiger partial charge in [-0.25, -0.2) is 9.18 Å². The Kier molecular flexibility index (Phi) is 5.00. The number of hydrogen-bond donors (Lipinski definition) is 0. The van der Waals surface area contributed by atoms with Crippen molar-refractivity contribution in [1.29, 1.82) is 0 Å². The first-order chi connectivity index (χ1) is 12.3. The lowest BCUT2D eigenvalue weighted by Gasteiger charge is -2.17. The third kappa shape index (κ3) is 3.72. The van der Waals surface area contributed by atoms with Gasteiger partial charge >= 0.3 is 5.97 Å². The predicted octanol–water partition coefficient (Wildman–Crippen LogP) is 4.55. The zero-order valence-electron chi connectivity index (χ0n) is 15.7. The van der Waals surface area contributed by atoms with Crippen LogP contribution in [0, 0.1) is 5.82 Å². The zero-order valence-corrected chi connectivity index (χ0v) is 16.7. The second-order valence-corrected chi connectivity index (χ2v) is 12.6. The summed E-state index contributed by atoms with van der Waals surface area (Å²) < 4.78 is 20.7. The first-order valence-corrected chi connectivity index (χ1v) is 12.3. The van der Waals surface area contributed by atoms with Crippen LogP contribution < -0.4 is 5.19 Å². The summed E-state index contributed by atoms with van der Waals surface area (Å²) in [5, 5.41) is 2.35. The third-order valence-electron chi connectivity index (χ3n) is 4.48. The number of hydrogen-bond acceptors (Lipinski definition) is 2. The number of rotatable bonds is 5. The van der Waals surface area contributed by atoms with Gasteiger partial charge in [0, 0.05) is 17.4 Å². The largest absolute Gasteiger partial charge is 0.461 e. The molecule has 0 saturated heterocycles. The Balaban J connectivity index is 2.14. The molecule has 1 aromatic heterocycles. The lowest BCUT2D eigenvalue weighted by Crippen LogP contribution is -2.37. The Morgan fingerprint density at radius 3 is 2.54 bits per heavy atom. The number of aromatic nitrogens is 1. The molecule has 3 nitrogen and oxygen atoms in total. The van der Waals surface area contributed by atoms with Crippen molar-refractivity contribution >= 4 is 30.1 Å². The van der Waals surface area contributed by atoms with E-state index in [1.165, 1.54) is 17.3 Å². The summed E-state index contributed by atoms with van der Waals surface area (Å²) in [5.74, 6) is -0.632. The SMILES string of the molecule is CCOC(=O)c1cc2cc([Si](C)(C)C)ccc2n1Cc1cccc(F)c1. The Morgan fingerprint density at radius 2 is 1.88 bits per heavy atom. The highest BCUT2D eigenvalue weighted by molar-refractivity contribution is 6.88. The summed E-state index contributed by atoms with van der Waals surface area (Å²) in [6, 6.07) is 14.7. The fraction of sp³-hybridized carbons (Fsp3) is 0.286. The van der Waals surface area contributed by atoms with Gasteiger partial charge in [-0.05, 0) is 36.8 Å². The number of carbonyl (C=O) groups excluding carboxylic acids is 1. The number of esters is 1. The minimum absolute atomic E-state index is 0.280. The van der Waals surface area contributed by atoms with Crippen LogP contribution in [-0.4, -0.2) is 25.2 Å². The quantitative estimate of drug-likeness (QED) is 0.488. The summed E-state index contributed by atoms with van der Waals surface area (Å²) in [4.78, 5) is 12.5. The first kappa shape index (κ1) is 18.4. The molecule has 0 fully saturated rings. The summed E-state index contributed by atoms with van der Waals surface area (Å²) >= 11 is 0. The standard InChI is InChI=1S/C21H24FNO2Si/c1-5-25-21(24)20-13-16-12-18(26(2,3)4)9-10-19(16)23(20)14-15-7-6-8-17(22)11-15/h6-13H,5,14H2,1-4H3. The van der Waals surface area contributed by atoms with Crippen LogP contribution in [0.15, 0.2) is 48.5 Å². The van der Waals surface area contributed by atoms with Crippen LogP contribution >= 0.6 is 0 Å². The van der Waals surface area contributed by atoms with Gasteiger partial charge in [-0.3, -0.25) is 0 Å². The van der Waals surface area contributed by atoms with Gasteiger partial charge in [-0.2, -0.15) is 0 Å². The maximum atomic E-state index is 13.6. The average Bonchev–Trinajstić information content (AvgIpc) is 2.92. The predicted molar refractivity (Wildman–Crippen MR) is 106 cm³/mol. The van der Waals surface area contributed by atoms with Gasteiger partial charge in [-0.15, -0.1) is 0 Å². The second kappa shape index (κ2) is 7.07. The number of benzene rings is 2. The molecule has 5 heteroatoms. The number of carbonyl (C=O) groups is 1. The molecule has 0 amide bonds. The molecule has 1 heterocycles. The molecule has 0 aliphatic heterocycles. The smallest absolute Gasteiger partial charge is 0.354 e. The van der Waals surface area contributed by atoms with Crippen LogP contribution in [0.1, 0.15) is 23.0 Å². The zero-order chi connectivity index (χ0) is 18.9. The minimum atomic E-state index is -1.46. The highest BCUT2D eigenvalue weighted by Gasteiger charge is 2.21. The van der Waals surface area contributed by atoms with Crippen LogP contribution in [0.3, 0.4) is 0 Å². The van der Waals surface area contributed by atoms with E-state index in [1.807, 2.05) is 16.7 Å². The second-order valence-electron chi connectivity index (χ2n) is 7.49. The molecular formula is C21H24FNO2Si. The molecule has 0 aliphatic carbocycles. The van der Waals surface area contributed by atoms with Crippen LogP contribution in [0.4, 0.5) is 4.39 Å². The van der Waals surface area contributed by atoms with E-state index in [-0.39, 0.29) is 11.8 Å². The molecule has 136 valence electrons. The van der Waals surface area contributed by atoms with Gasteiger partial charge in [0.05, 0.1) is 14.7 Å². The molecule has 0 bridgehead atoms. The number of nitrogens with zero attached hydrogens (tertiary/aromatic N) is 1. The van der Waals surface area contributed by atoms with E-state index in [2.05, 4.69) is 37.8 Å². The fourth-order valence-corrected chi connectivity index (χ4v) is 4.27. The van der Waals surface area contributed by atoms with Crippen molar-refractivity contribution < 1.29 is 13.9 Å². The summed E-state index contributed by atoms with van der Waals surface area (Å²) in [5.41, 5.74) is 2.26. The van der Waals surface area contributed by atoms with Gasteiger partial charge in [0.15, 0.2) is 0 Å². The molecule has 0 radical (unpaired) electrons. The van der Waals surface area contributed by atoms with Gasteiger partial charge < -0.3 is 9.30 Å². The maximum absolute atomic E-state index is 13.6. The highest BCUT2D eigenvalue weighted by Crippen LogP contribution is 2.23. The molecule has 0 saturated carbocycles. The van der Waals surface area contributed by atoms with Gasteiger partial charge in [0.2, 0.25) is 0 Å². The molecule has 2 aromatic carbocycles. The van der Waals surface area contributed by atoms with Crippen molar-refractivity contribution in [2.45, 2.75) is 33.1 Å². The normalized spacial score (nSPS) is 11.7. The van der Waals surface area contributed by atoms with E-state index >= 15 is 0 Å². The summed E-state index contributed by atoms with van der Waals surface area (Å²) in [6.45, 7) is 9.42. The number of ether oxygens (including phenoxy) is 1. The molecule has 26 heavy (non-hydrogen) atoms. The molecule has 0 unspecified atom stereocenters. The van der Waals surface area contributed by atoms with Crippen molar-refractivity contribution in [3.8, 4) is 0 Å². The molecular weight excluding hydrogens is 345 g/mol. The molecule has 3 aromatic rings. The van der Waals surface area contributed by atoms with E-state index in [4.69, 9.17) is 4.74 Å². The lowest BCUT2D eigenvalue weighted by molar-refractivity contribution is 0.0515. The summed E-state index contributed by atoms with van der Waals surface area (Å²) in [6.07, 6.45) is 0. The maximum Gasteiger partial charge on any atom is 0.354 e. The Morgan fingerprint density at radius 1 is 1.12 bits per heavy atom. The van der Waals surface area contributed by atoms with Gasteiger partial charge in [0.1, 0.15) is 11.5 Å². The van der Waals surface area contributed by atoms with Gasteiger partial charge in [0.25, 0.3) is 0 Å². The van der Waals surface area contributed by atoms with Crippen molar-refractivity contribution in [2.24, 2.45) is 0 Å². The van der Waals surface area contributed by atoms with Crippen LogP contribution in [0.2, 0.25) is 19.6 Å². The average molecular weight is 370 g/mol. The van der Waals surface area contributed by atoms with Crippen LogP contribution in [0.25, 0.3) is 10.9 Å².